The van der Waals surface area contributed by atoms with Gasteiger partial charge in [0.15, 0.2) is 0 Å². The molecule has 0 unspecified atom stereocenters. The van der Waals surface area contributed by atoms with Gasteiger partial charge in [-0.15, -0.1) is 0 Å². The lowest BCUT2D eigenvalue weighted by atomic mass is 10.1. The van der Waals surface area contributed by atoms with Crippen LogP contribution >= 0.6 is 11.6 Å². The Labute approximate surface area is 149 Å². The molecule has 0 aliphatic carbocycles. The van der Waals surface area contributed by atoms with Crippen LogP contribution in [0.3, 0.4) is 0 Å². The van der Waals surface area contributed by atoms with Gasteiger partial charge in [-0.05, 0) is 53.6 Å². The Morgan fingerprint density at radius 2 is 1.84 bits per heavy atom. The zero-order chi connectivity index (χ0) is 17.8. The van der Waals surface area contributed by atoms with Crippen molar-refractivity contribution in [3.8, 4) is 11.8 Å². The molecule has 3 aromatic rings. The number of halogens is 1. The van der Waals surface area contributed by atoms with Crippen LogP contribution in [0.5, 0.6) is 0 Å². The van der Waals surface area contributed by atoms with Crippen LogP contribution < -0.4 is 5.11 Å². The van der Waals surface area contributed by atoms with E-state index >= 15 is 0 Å². The van der Waals surface area contributed by atoms with Gasteiger partial charge in [0.1, 0.15) is 0 Å². The number of nitriles is 1. The van der Waals surface area contributed by atoms with Crippen molar-refractivity contribution in [1.29, 1.82) is 5.26 Å². The van der Waals surface area contributed by atoms with Gasteiger partial charge in [-0.25, -0.2) is 0 Å². The van der Waals surface area contributed by atoms with Crippen molar-refractivity contribution in [2.75, 3.05) is 0 Å². The Hall–Kier alpha value is -3.29. The van der Waals surface area contributed by atoms with Crippen molar-refractivity contribution in [3.05, 3.63) is 88.7 Å². The second kappa shape index (κ2) is 7.08. The van der Waals surface area contributed by atoms with E-state index in [9.17, 15) is 15.2 Å². The predicted octanol–water partition coefficient (Wildman–Crippen LogP) is 3.56. The third kappa shape index (κ3) is 3.63. The molecule has 4 nitrogen and oxygen atoms in total. The van der Waals surface area contributed by atoms with Gasteiger partial charge in [-0.2, -0.15) is 5.26 Å². The minimum atomic E-state index is -1.23. The van der Waals surface area contributed by atoms with E-state index < -0.39 is 5.97 Å². The molecular weight excluding hydrogens is 336 g/mol. The van der Waals surface area contributed by atoms with E-state index in [1.54, 1.807) is 53.2 Å². The average molecular weight is 348 g/mol. The highest BCUT2D eigenvalue weighted by atomic mass is 35.5. The number of carbonyl (C=O) groups is 1. The zero-order valence-electron chi connectivity index (χ0n) is 13.0. The molecule has 0 aliphatic heterocycles. The molecule has 25 heavy (non-hydrogen) atoms. The summed E-state index contributed by atoms with van der Waals surface area (Å²) in [6.45, 7) is 0. The highest BCUT2D eigenvalue weighted by molar-refractivity contribution is 6.30. The summed E-state index contributed by atoms with van der Waals surface area (Å²) in [4.78, 5) is 11.1. The maximum atomic E-state index is 11.1. The number of hydrogen-bond acceptors (Lipinski definition) is 3. The van der Waals surface area contributed by atoms with Gasteiger partial charge in [0.05, 0.1) is 17.6 Å². The van der Waals surface area contributed by atoms with E-state index in [1.165, 1.54) is 12.1 Å². The molecule has 2 aromatic carbocycles. The molecule has 1 aromatic heterocycles. The quantitative estimate of drug-likeness (QED) is 0.677. The lowest BCUT2D eigenvalue weighted by molar-refractivity contribution is -0.255. The number of hydrogen-bond donors (Lipinski definition) is 0. The summed E-state index contributed by atoms with van der Waals surface area (Å²) < 4.78 is 1.81. The molecule has 0 saturated carbocycles. The van der Waals surface area contributed by atoms with Crippen molar-refractivity contribution >= 4 is 29.2 Å². The minimum absolute atomic E-state index is 0.0966. The standard InChI is InChI=1S/C20H13ClN2O2/c21-17-8-6-14(7-9-17)16(13-22)12-19-5-2-10-23(19)18-4-1-3-15(11-18)20(24)25/h1-12H,(H,24,25)/p-1/b16-12-. The first-order chi connectivity index (χ1) is 12.1. The summed E-state index contributed by atoms with van der Waals surface area (Å²) in [6.07, 6.45) is 3.55. The number of carbonyl (C=O) groups excluding carboxylic acids is 1. The summed E-state index contributed by atoms with van der Waals surface area (Å²) in [5.74, 6) is -1.23. The first-order valence-corrected chi connectivity index (χ1v) is 7.83. The minimum Gasteiger partial charge on any atom is -0.545 e. The molecule has 0 aliphatic rings. The fourth-order valence-corrected chi connectivity index (χ4v) is 2.61. The van der Waals surface area contributed by atoms with E-state index in [4.69, 9.17) is 11.6 Å². The Morgan fingerprint density at radius 1 is 1.08 bits per heavy atom. The lowest BCUT2D eigenvalue weighted by Gasteiger charge is -2.10. The average Bonchev–Trinajstić information content (AvgIpc) is 3.09. The summed E-state index contributed by atoms with van der Waals surface area (Å²) in [5.41, 5.74) is 2.75. The molecule has 122 valence electrons. The molecular formula is C20H12ClN2O2-. The third-order valence-electron chi connectivity index (χ3n) is 3.71. The molecule has 0 amide bonds. The Morgan fingerprint density at radius 3 is 2.52 bits per heavy atom. The Bertz CT molecular complexity index is 995. The fourth-order valence-electron chi connectivity index (χ4n) is 2.49. The maximum absolute atomic E-state index is 11.1. The molecule has 3 rings (SSSR count). The number of carboxylic acids is 1. The molecule has 0 saturated heterocycles. The molecule has 0 radical (unpaired) electrons. The lowest BCUT2D eigenvalue weighted by Crippen LogP contribution is -2.22. The highest BCUT2D eigenvalue weighted by Gasteiger charge is 2.06. The molecule has 0 atom stereocenters. The van der Waals surface area contributed by atoms with Gasteiger partial charge in [0.25, 0.3) is 0 Å². The molecule has 0 bridgehead atoms. The second-order valence-corrected chi connectivity index (χ2v) is 5.75. The molecule has 0 N–H and O–H groups in total. The Kier molecular flexibility index (Phi) is 4.69. The summed E-state index contributed by atoms with van der Waals surface area (Å²) >= 11 is 5.89. The number of benzene rings is 2. The van der Waals surface area contributed by atoms with Crippen molar-refractivity contribution in [1.82, 2.24) is 4.57 Å². The molecule has 0 fully saturated rings. The largest absolute Gasteiger partial charge is 0.545 e. The van der Waals surface area contributed by atoms with Gasteiger partial charge in [0, 0.05) is 22.6 Å². The monoisotopic (exact) mass is 347 g/mol. The summed E-state index contributed by atoms with van der Waals surface area (Å²) in [7, 11) is 0. The van der Waals surface area contributed by atoms with Crippen molar-refractivity contribution in [2.24, 2.45) is 0 Å². The van der Waals surface area contributed by atoms with Crippen molar-refractivity contribution < 1.29 is 9.90 Å². The molecule has 1 heterocycles. The zero-order valence-corrected chi connectivity index (χ0v) is 13.8. The molecule has 5 heteroatoms. The van der Waals surface area contributed by atoms with Crippen LogP contribution in [-0.2, 0) is 0 Å². The van der Waals surface area contributed by atoms with E-state index in [2.05, 4.69) is 6.07 Å². The Balaban J connectivity index is 2.04. The van der Waals surface area contributed by atoms with E-state index in [1.807, 2.05) is 12.1 Å². The van der Waals surface area contributed by atoms with Crippen molar-refractivity contribution in [3.63, 3.8) is 0 Å². The summed E-state index contributed by atoms with van der Waals surface area (Å²) in [6, 6.07) is 19.3. The smallest absolute Gasteiger partial charge is 0.0998 e. The number of allylic oxidation sites excluding steroid dienone is 1. The van der Waals surface area contributed by atoms with Gasteiger partial charge in [0.2, 0.25) is 0 Å². The predicted molar refractivity (Wildman–Crippen MR) is 95.0 cm³/mol. The third-order valence-corrected chi connectivity index (χ3v) is 3.96. The van der Waals surface area contributed by atoms with Crippen LogP contribution in [0, 0.1) is 11.3 Å². The number of carboxylic acid groups (broad SMARTS) is 1. The normalized spacial score (nSPS) is 11.1. The van der Waals surface area contributed by atoms with Crippen LogP contribution in [0.2, 0.25) is 5.02 Å². The van der Waals surface area contributed by atoms with Gasteiger partial charge in [-0.1, -0.05) is 35.9 Å². The van der Waals surface area contributed by atoms with Gasteiger partial charge >= 0.3 is 0 Å². The van der Waals surface area contributed by atoms with Crippen LogP contribution in [0.4, 0.5) is 0 Å². The van der Waals surface area contributed by atoms with Crippen molar-refractivity contribution in [2.45, 2.75) is 0 Å². The van der Waals surface area contributed by atoms with Crippen LogP contribution in [0.25, 0.3) is 17.3 Å². The first-order valence-electron chi connectivity index (χ1n) is 7.45. The van der Waals surface area contributed by atoms with Crippen LogP contribution in [0.1, 0.15) is 21.6 Å². The van der Waals surface area contributed by atoms with Crippen LogP contribution in [0.15, 0.2) is 66.9 Å². The SMILES string of the molecule is N#C/C(=C/c1cccn1-c1cccc(C(=O)[O-])c1)c1ccc(Cl)cc1. The first kappa shape index (κ1) is 16.6. The van der Waals surface area contributed by atoms with Gasteiger partial charge in [-0.3, -0.25) is 0 Å². The highest BCUT2D eigenvalue weighted by Crippen LogP contribution is 2.22. The number of nitrogens with zero attached hydrogens (tertiary/aromatic N) is 2. The maximum Gasteiger partial charge on any atom is 0.0998 e. The number of aromatic nitrogens is 1. The number of rotatable bonds is 4. The topological polar surface area (TPSA) is 68.8 Å². The van der Waals surface area contributed by atoms with E-state index in [0.29, 0.717) is 16.3 Å². The van der Waals surface area contributed by atoms with E-state index in [0.717, 1.165) is 11.3 Å². The fraction of sp³-hybridized carbons (Fsp3) is 0. The summed E-state index contributed by atoms with van der Waals surface area (Å²) in [5, 5.41) is 21.1. The van der Waals surface area contributed by atoms with Gasteiger partial charge < -0.3 is 14.5 Å². The van der Waals surface area contributed by atoms with Crippen LogP contribution in [-0.4, -0.2) is 10.5 Å². The van der Waals surface area contributed by atoms with E-state index in [-0.39, 0.29) is 5.56 Å². The second-order valence-electron chi connectivity index (χ2n) is 5.32. The number of aromatic carboxylic acids is 1. The molecule has 0 spiro atoms.